The number of anilines is 1. The van der Waals surface area contributed by atoms with Crippen molar-refractivity contribution in [3.63, 3.8) is 0 Å². The molecule has 34 heavy (non-hydrogen) atoms. The Balaban J connectivity index is 1.36. The standard InChI is InChI=1S/C22H22N6O5S/c29-20-9-7-17(23-24-20)16-6-8-18(19(14-16)28(32)33)26-10-12-27(13-11-26)22(31)34-25-21(30)15-4-2-1-3-5-15/h1-6,8,14H,7,9-13H2,(H,24,29)(H,25,30). The van der Waals surface area contributed by atoms with Gasteiger partial charge in [-0.25, -0.2) is 5.43 Å². The van der Waals surface area contributed by atoms with Crippen LogP contribution >= 0.6 is 11.9 Å². The van der Waals surface area contributed by atoms with Gasteiger partial charge in [0.05, 0.1) is 22.6 Å². The number of nitro benzene ring substituents is 1. The molecule has 2 N–H and O–H groups in total. The van der Waals surface area contributed by atoms with Gasteiger partial charge in [-0.15, -0.1) is 0 Å². The summed E-state index contributed by atoms with van der Waals surface area (Å²) in [5.41, 5.74) is 4.46. The van der Waals surface area contributed by atoms with Crippen LogP contribution in [0.1, 0.15) is 28.8 Å². The summed E-state index contributed by atoms with van der Waals surface area (Å²) < 4.78 is 2.55. The Morgan fingerprint density at radius 3 is 2.44 bits per heavy atom. The van der Waals surface area contributed by atoms with Crippen molar-refractivity contribution in [2.75, 3.05) is 31.1 Å². The van der Waals surface area contributed by atoms with Gasteiger partial charge < -0.3 is 9.80 Å². The van der Waals surface area contributed by atoms with E-state index in [0.29, 0.717) is 55.1 Å². The second-order valence-electron chi connectivity index (χ2n) is 7.69. The maximum atomic E-state index is 12.5. The first-order valence-electron chi connectivity index (χ1n) is 10.6. The predicted octanol–water partition coefficient (Wildman–Crippen LogP) is 2.53. The molecule has 0 bridgehead atoms. The van der Waals surface area contributed by atoms with Crippen molar-refractivity contribution in [2.24, 2.45) is 5.10 Å². The molecule has 11 nitrogen and oxygen atoms in total. The molecule has 0 aromatic heterocycles. The van der Waals surface area contributed by atoms with E-state index in [2.05, 4.69) is 15.2 Å². The van der Waals surface area contributed by atoms with Crippen LogP contribution in [-0.2, 0) is 4.79 Å². The summed E-state index contributed by atoms with van der Waals surface area (Å²) in [5.74, 6) is -0.532. The van der Waals surface area contributed by atoms with Crippen molar-refractivity contribution in [1.82, 2.24) is 15.0 Å². The molecule has 3 amide bonds. The highest BCUT2D eigenvalue weighted by molar-refractivity contribution is 8.12. The summed E-state index contributed by atoms with van der Waals surface area (Å²) in [6.45, 7) is 1.56. The van der Waals surface area contributed by atoms with Crippen molar-refractivity contribution >= 4 is 46.1 Å². The van der Waals surface area contributed by atoms with Crippen molar-refractivity contribution in [2.45, 2.75) is 12.8 Å². The van der Waals surface area contributed by atoms with Crippen LogP contribution in [0.2, 0.25) is 0 Å². The summed E-state index contributed by atoms with van der Waals surface area (Å²) in [6.07, 6.45) is 0.704. The smallest absolute Gasteiger partial charge is 0.302 e. The molecule has 0 radical (unpaired) electrons. The zero-order valence-electron chi connectivity index (χ0n) is 18.1. The second-order valence-corrected chi connectivity index (χ2v) is 8.45. The van der Waals surface area contributed by atoms with Crippen LogP contribution in [0, 0.1) is 10.1 Å². The van der Waals surface area contributed by atoms with Crippen molar-refractivity contribution in [1.29, 1.82) is 0 Å². The Bertz CT molecular complexity index is 1150. The summed E-state index contributed by atoms with van der Waals surface area (Å²) in [5, 5.41) is 15.5. The fourth-order valence-corrected chi connectivity index (χ4v) is 4.34. The Kier molecular flexibility index (Phi) is 7.07. The topological polar surface area (TPSA) is 137 Å². The van der Waals surface area contributed by atoms with Gasteiger partial charge in [-0.2, -0.15) is 5.10 Å². The molecule has 0 aliphatic carbocycles. The molecule has 2 aromatic rings. The number of hydrazone groups is 1. The molecule has 176 valence electrons. The molecule has 2 heterocycles. The Hall–Kier alpha value is -3.93. The average Bonchev–Trinajstić information content (AvgIpc) is 2.87. The van der Waals surface area contributed by atoms with Crippen molar-refractivity contribution in [3.05, 3.63) is 69.8 Å². The molecular formula is C22H22N6O5S. The first-order valence-corrected chi connectivity index (χ1v) is 11.4. The molecule has 2 aromatic carbocycles. The van der Waals surface area contributed by atoms with Crippen LogP contribution in [0.25, 0.3) is 0 Å². The first-order chi connectivity index (χ1) is 16.4. The lowest BCUT2D eigenvalue weighted by atomic mass is 10.0. The van der Waals surface area contributed by atoms with Gasteiger partial charge in [-0.3, -0.25) is 29.2 Å². The number of nitrogens with zero attached hydrogens (tertiary/aromatic N) is 4. The van der Waals surface area contributed by atoms with Gasteiger partial charge >= 0.3 is 5.24 Å². The lowest BCUT2D eigenvalue weighted by molar-refractivity contribution is -0.384. The number of amides is 3. The van der Waals surface area contributed by atoms with Crippen molar-refractivity contribution in [3.8, 4) is 0 Å². The quantitative estimate of drug-likeness (QED) is 0.388. The number of piperazine rings is 1. The Morgan fingerprint density at radius 2 is 1.79 bits per heavy atom. The Labute approximate surface area is 199 Å². The normalized spacial score (nSPS) is 15.9. The zero-order chi connectivity index (χ0) is 24.1. The van der Waals surface area contributed by atoms with E-state index in [0.717, 1.165) is 11.9 Å². The second kappa shape index (κ2) is 10.3. The maximum absolute atomic E-state index is 12.5. The monoisotopic (exact) mass is 482 g/mol. The van der Waals surface area contributed by atoms with Crippen LogP contribution < -0.4 is 15.0 Å². The molecule has 12 heteroatoms. The number of nitro groups is 1. The van der Waals surface area contributed by atoms with E-state index in [9.17, 15) is 24.5 Å². The van der Waals surface area contributed by atoms with Gasteiger partial charge in [0.25, 0.3) is 11.6 Å². The molecule has 0 unspecified atom stereocenters. The van der Waals surface area contributed by atoms with Gasteiger partial charge in [-0.1, -0.05) is 24.3 Å². The Morgan fingerprint density at radius 1 is 1.06 bits per heavy atom. The van der Waals surface area contributed by atoms with Gasteiger partial charge in [0, 0.05) is 56.2 Å². The molecular weight excluding hydrogens is 460 g/mol. The largest absolute Gasteiger partial charge is 0.362 e. The van der Waals surface area contributed by atoms with Crippen LogP contribution in [0.15, 0.2) is 53.6 Å². The van der Waals surface area contributed by atoms with Gasteiger partial charge in [0.2, 0.25) is 5.91 Å². The minimum Gasteiger partial charge on any atom is -0.362 e. The number of nitrogens with one attached hydrogen (secondary N) is 2. The maximum Gasteiger partial charge on any atom is 0.302 e. The van der Waals surface area contributed by atoms with E-state index in [1.54, 1.807) is 47.4 Å². The lowest BCUT2D eigenvalue weighted by Gasteiger charge is -2.35. The highest BCUT2D eigenvalue weighted by Crippen LogP contribution is 2.31. The van der Waals surface area contributed by atoms with Gasteiger partial charge in [0.1, 0.15) is 5.69 Å². The fourth-order valence-electron chi connectivity index (χ4n) is 3.73. The van der Waals surface area contributed by atoms with E-state index < -0.39 is 4.92 Å². The zero-order valence-corrected chi connectivity index (χ0v) is 18.9. The number of benzene rings is 2. The predicted molar refractivity (Wildman–Crippen MR) is 128 cm³/mol. The average molecular weight is 483 g/mol. The third-order valence-electron chi connectivity index (χ3n) is 5.56. The van der Waals surface area contributed by atoms with Crippen LogP contribution in [0.3, 0.4) is 0 Å². The summed E-state index contributed by atoms with van der Waals surface area (Å²) in [7, 11) is 0. The SMILES string of the molecule is O=C1CCC(c2ccc(N3CCN(C(=O)SNC(=O)c4ccccc4)CC3)c([N+](=O)[O-])c2)=NN1. The molecule has 4 rings (SSSR count). The van der Waals surface area contributed by atoms with E-state index in [4.69, 9.17) is 0 Å². The number of hydrogen-bond acceptors (Lipinski definition) is 8. The van der Waals surface area contributed by atoms with Crippen LogP contribution in [0.4, 0.5) is 16.2 Å². The van der Waals surface area contributed by atoms with Gasteiger partial charge in [0.15, 0.2) is 0 Å². The minimum atomic E-state index is -0.437. The molecule has 1 saturated heterocycles. The number of hydrogen-bond donors (Lipinski definition) is 2. The van der Waals surface area contributed by atoms with Crippen LogP contribution in [-0.4, -0.2) is 58.8 Å². The number of carbonyl (C=O) groups excluding carboxylic acids is 3. The third kappa shape index (κ3) is 5.34. The fraction of sp³-hybridized carbons (Fsp3) is 0.273. The molecule has 0 saturated carbocycles. The minimum absolute atomic E-state index is 0.0543. The van der Waals surface area contributed by atoms with Gasteiger partial charge in [-0.05, 0) is 18.2 Å². The third-order valence-corrected chi connectivity index (χ3v) is 6.28. The lowest BCUT2D eigenvalue weighted by Crippen LogP contribution is -2.48. The van der Waals surface area contributed by atoms with E-state index in [-0.39, 0.29) is 29.2 Å². The molecule has 1 fully saturated rings. The summed E-state index contributed by atoms with van der Waals surface area (Å²) in [6, 6.07) is 13.5. The highest BCUT2D eigenvalue weighted by Gasteiger charge is 2.27. The molecule has 2 aliphatic heterocycles. The van der Waals surface area contributed by atoms with E-state index in [1.165, 1.54) is 6.07 Å². The van der Waals surface area contributed by atoms with E-state index in [1.807, 2.05) is 4.90 Å². The summed E-state index contributed by atoms with van der Waals surface area (Å²) in [4.78, 5) is 50.7. The highest BCUT2D eigenvalue weighted by atomic mass is 32.2. The molecule has 2 aliphatic rings. The van der Waals surface area contributed by atoms with E-state index >= 15 is 0 Å². The number of carbonyl (C=O) groups is 3. The molecule has 0 atom stereocenters. The van der Waals surface area contributed by atoms with Crippen LogP contribution in [0.5, 0.6) is 0 Å². The molecule has 0 spiro atoms. The summed E-state index contributed by atoms with van der Waals surface area (Å²) >= 11 is 0.727. The van der Waals surface area contributed by atoms with Crippen molar-refractivity contribution < 1.29 is 19.3 Å². The number of rotatable bonds is 4. The first kappa shape index (κ1) is 23.2.